The van der Waals surface area contributed by atoms with Crippen molar-refractivity contribution >= 4 is 17.3 Å². The number of carbonyl (C=O) groups is 1. The van der Waals surface area contributed by atoms with Gasteiger partial charge in [-0.3, -0.25) is 14.9 Å². The highest BCUT2D eigenvalue weighted by atomic mass is 16.8. The molecule has 2 fully saturated rings. The third kappa shape index (κ3) is 8.76. The van der Waals surface area contributed by atoms with Crippen molar-refractivity contribution in [2.75, 3.05) is 40.3 Å². The molecule has 330 valence electrons. The summed E-state index contributed by atoms with van der Waals surface area (Å²) >= 11 is 0. The van der Waals surface area contributed by atoms with Gasteiger partial charge >= 0.3 is 0 Å². The number of aliphatic hydroxyl groups is 2. The fourth-order valence-electron chi connectivity index (χ4n) is 9.88. The fraction of sp³-hybridized carbons (Fsp3) is 0.489. The Hall–Kier alpha value is -5.48. The lowest BCUT2D eigenvalue weighted by Crippen LogP contribution is -2.69. The number of oxime groups is 1. The number of hydrogen-bond donors (Lipinski definition) is 2. The predicted molar refractivity (Wildman–Crippen MR) is 227 cm³/mol. The van der Waals surface area contributed by atoms with Crippen molar-refractivity contribution in [2.45, 2.75) is 88.2 Å². The Morgan fingerprint density at radius 3 is 2.56 bits per heavy atom. The summed E-state index contributed by atoms with van der Waals surface area (Å²) in [5.74, 6) is -0.248. The van der Waals surface area contributed by atoms with Gasteiger partial charge in [-0.05, 0) is 98.4 Å². The van der Waals surface area contributed by atoms with Crippen molar-refractivity contribution in [1.29, 1.82) is 0 Å². The molecule has 0 bridgehead atoms. The molecule has 7 unspecified atom stereocenters. The molecule has 3 heterocycles. The molecule has 7 atom stereocenters. The number of nitro benzene ring substituents is 1. The van der Waals surface area contributed by atoms with Gasteiger partial charge in [0.2, 0.25) is 18.9 Å². The molecular formula is C47H55N3O12. The van der Waals surface area contributed by atoms with Crippen LogP contribution in [-0.2, 0) is 14.3 Å². The normalized spacial score (nSPS) is 26.4. The number of benzene rings is 3. The first kappa shape index (κ1) is 43.2. The molecule has 3 aromatic rings. The number of nitrogens with zero attached hydrogens (tertiary/aromatic N) is 3. The molecule has 1 saturated heterocycles. The van der Waals surface area contributed by atoms with Crippen LogP contribution in [0, 0.1) is 27.9 Å². The molecule has 62 heavy (non-hydrogen) atoms. The number of amides is 1. The summed E-state index contributed by atoms with van der Waals surface area (Å²) in [6, 6.07) is 16.0. The Bertz CT molecular complexity index is 2170. The molecule has 1 saturated carbocycles. The second-order valence-electron chi connectivity index (χ2n) is 16.5. The van der Waals surface area contributed by atoms with Crippen molar-refractivity contribution < 1.29 is 53.2 Å². The van der Waals surface area contributed by atoms with E-state index in [0.29, 0.717) is 65.9 Å². The van der Waals surface area contributed by atoms with Crippen molar-refractivity contribution in [2.24, 2.45) is 22.9 Å². The van der Waals surface area contributed by atoms with Crippen LogP contribution in [0.3, 0.4) is 0 Å². The van der Waals surface area contributed by atoms with Crippen molar-refractivity contribution in [3.8, 4) is 28.7 Å². The summed E-state index contributed by atoms with van der Waals surface area (Å²) in [5, 5.41) is 36.4. The number of likely N-dealkylation sites (N-methyl/N-ethyl adjacent to an activating group) is 1. The summed E-state index contributed by atoms with van der Waals surface area (Å²) in [7, 11) is 1.75. The van der Waals surface area contributed by atoms with Crippen LogP contribution < -0.4 is 18.9 Å². The van der Waals surface area contributed by atoms with Gasteiger partial charge in [-0.1, -0.05) is 36.2 Å². The number of allylic oxidation sites excluding steroid dienone is 1. The Balaban J connectivity index is 1.30. The molecule has 0 radical (unpaired) electrons. The summed E-state index contributed by atoms with van der Waals surface area (Å²) < 4.78 is 37.8. The van der Waals surface area contributed by atoms with E-state index in [9.17, 15) is 25.1 Å². The Labute approximate surface area is 361 Å². The maximum atomic E-state index is 14.7. The van der Waals surface area contributed by atoms with Gasteiger partial charge in [-0.15, -0.1) is 6.58 Å². The second kappa shape index (κ2) is 19.3. The number of nitro groups is 1. The maximum Gasteiger partial charge on any atom is 0.273 e. The van der Waals surface area contributed by atoms with E-state index in [1.54, 1.807) is 54.4 Å². The summed E-state index contributed by atoms with van der Waals surface area (Å²) in [4.78, 5) is 33.8. The molecule has 1 amide bonds. The van der Waals surface area contributed by atoms with Crippen LogP contribution in [0.5, 0.6) is 28.7 Å². The molecule has 3 aliphatic heterocycles. The zero-order valence-corrected chi connectivity index (χ0v) is 35.0. The molecule has 2 aliphatic carbocycles. The first-order valence-corrected chi connectivity index (χ1v) is 21.7. The minimum Gasteiger partial charge on any atom is -0.459 e. The molecule has 5 aliphatic rings. The molecule has 15 heteroatoms. The summed E-state index contributed by atoms with van der Waals surface area (Å²) in [5.41, 5.74) is 2.69. The van der Waals surface area contributed by atoms with Gasteiger partial charge in [0.1, 0.15) is 23.3 Å². The van der Waals surface area contributed by atoms with E-state index in [1.165, 1.54) is 12.1 Å². The Morgan fingerprint density at radius 2 is 1.79 bits per heavy atom. The molecule has 2 N–H and O–H groups in total. The van der Waals surface area contributed by atoms with Crippen LogP contribution in [0.1, 0.15) is 86.0 Å². The average molecular weight is 854 g/mol. The number of carbonyl (C=O) groups excluding carboxylic acids is 1. The largest absolute Gasteiger partial charge is 0.459 e. The highest BCUT2D eigenvalue weighted by Crippen LogP contribution is 2.62. The van der Waals surface area contributed by atoms with Gasteiger partial charge in [0.05, 0.1) is 35.8 Å². The van der Waals surface area contributed by atoms with E-state index in [0.717, 1.165) is 49.7 Å². The van der Waals surface area contributed by atoms with Crippen LogP contribution in [0.25, 0.3) is 0 Å². The van der Waals surface area contributed by atoms with Crippen molar-refractivity contribution in [1.82, 2.24) is 4.90 Å². The van der Waals surface area contributed by atoms with E-state index in [2.05, 4.69) is 12.7 Å². The van der Waals surface area contributed by atoms with Crippen molar-refractivity contribution in [3.05, 3.63) is 106 Å². The van der Waals surface area contributed by atoms with Gasteiger partial charge in [-0.2, -0.15) is 0 Å². The molecule has 0 spiro atoms. The van der Waals surface area contributed by atoms with Gasteiger partial charge < -0.3 is 48.4 Å². The van der Waals surface area contributed by atoms with Crippen LogP contribution >= 0.6 is 0 Å². The van der Waals surface area contributed by atoms with Gasteiger partial charge in [0.15, 0.2) is 11.5 Å². The number of aliphatic hydroxyl groups excluding tert-OH is 2. The first-order chi connectivity index (χ1) is 30.2. The zero-order chi connectivity index (χ0) is 43.2. The minimum absolute atomic E-state index is 0.0153. The van der Waals surface area contributed by atoms with Crippen LogP contribution in [0.2, 0.25) is 0 Å². The van der Waals surface area contributed by atoms with E-state index < -0.39 is 29.0 Å². The second-order valence-corrected chi connectivity index (χ2v) is 16.5. The van der Waals surface area contributed by atoms with Crippen LogP contribution in [-0.4, -0.2) is 90.0 Å². The molecule has 8 rings (SSSR count). The highest BCUT2D eigenvalue weighted by Gasteiger charge is 2.65. The standard InChI is InChI=1S/C47H55N3O12/c1-3-22-59-47-42(49(2)46(53)31-16-18-40-41(25-31)58-29-57-40)28-38(48-62-43-15-6-9-23-56-43)36-24-30(11-4-7-20-51)35(14-5-8-21-52)44(45(36)47)37-27-34(17-19-39(37)61-47)60-33-13-10-12-32(26-33)50(54)55/h3,10,12-13,16-19,24-27,30,35,42-45,51-52H,1,4-9,11,14-15,20-23,28-29H2,2H3. The maximum absolute atomic E-state index is 14.7. The van der Waals surface area contributed by atoms with Crippen molar-refractivity contribution in [3.63, 3.8) is 0 Å². The van der Waals surface area contributed by atoms with Gasteiger partial charge in [0.25, 0.3) is 11.6 Å². The topological polar surface area (TPSA) is 181 Å². The van der Waals surface area contributed by atoms with E-state index >= 15 is 0 Å². The molecule has 3 aromatic carbocycles. The number of hydrogen-bond acceptors (Lipinski definition) is 13. The zero-order valence-electron chi connectivity index (χ0n) is 35.0. The molecule has 15 nitrogen and oxygen atoms in total. The van der Waals surface area contributed by atoms with Crippen LogP contribution in [0.4, 0.5) is 5.69 Å². The SMILES string of the molecule is C=CCOC12Oc3ccc(Oc4cccc([N+](=O)[O-])c4)cc3C3C(CCCCO)C(CCCCO)C=C(C(=NOC4CCCCO4)CC1N(C)C(=O)c1ccc4c(c1)OCO4)C32. The number of unbranched alkanes of at least 4 members (excludes halogenated alkanes) is 2. The summed E-state index contributed by atoms with van der Waals surface area (Å²) in [6.07, 6.45) is 10.6. The fourth-order valence-corrected chi connectivity index (χ4v) is 9.88. The monoisotopic (exact) mass is 853 g/mol. The lowest BCUT2D eigenvalue weighted by Gasteiger charge is -2.59. The van der Waals surface area contributed by atoms with E-state index in [1.807, 2.05) is 12.1 Å². The average Bonchev–Trinajstić information content (AvgIpc) is 3.77. The van der Waals surface area contributed by atoms with E-state index in [4.69, 9.17) is 38.4 Å². The number of non-ortho nitro benzene ring substituents is 1. The van der Waals surface area contributed by atoms with Gasteiger partial charge in [0, 0.05) is 56.2 Å². The number of rotatable bonds is 18. The molecule has 0 aromatic heterocycles. The number of ether oxygens (including phenoxy) is 6. The summed E-state index contributed by atoms with van der Waals surface area (Å²) in [6.45, 7) is 4.88. The number of fused-ring (bicyclic) bond motifs is 3. The minimum atomic E-state index is -1.47. The van der Waals surface area contributed by atoms with Crippen LogP contribution in [0.15, 0.2) is 90.1 Å². The predicted octanol–water partition coefficient (Wildman–Crippen LogP) is 8.05. The quantitative estimate of drug-likeness (QED) is 0.0545. The van der Waals surface area contributed by atoms with Gasteiger partial charge in [-0.25, -0.2) is 0 Å². The highest BCUT2D eigenvalue weighted by molar-refractivity contribution is 6.03. The Morgan fingerprint density at radius 1 is 1.00 bits per heavy atom. The smallest absolute Gasteiger partial charge is 0.273 e. The lowest BCUT2D eigenvalue weighted by molar-refractivity contribution is -0.384. The lowest BCUT2D eigenvalue weighted by atomic mass is 9.55. The van der Waals surface area contributed by atoms with E-state index in [-0.39, 0.29) is 62.4 Å². The molecular weight excluding hydrogens is 799 g/mol. The Kier molecular flexibility index (Phi) is 13.4. The third-order valence-corrected chi connectivity index (χ3v) is 12.7. The first-order valence-electron chi connectivity index (χ1n) is 21.7. The third-order valence-electron chi connectivity index (χ3n) is 12.7.